The van der Waals surface area contributed by atoms with Gasteiger partial charge in [-0.25, -0.2) is 4.79 Å². The van der Waals surface area contributed by atoms with Gasteiger partial charge in [0.1, 0.15) is 11.3 Å². The van der Waals surface area contributed by atoms with Gasteiger partial charge < -0.3 is 24.3 Å². The fraction of sp³-hybridized carbons (Fsp3) is 0.294. The Labute approximate surface area is 138 Å². The number of carbonyl (C=O) groups is 2. The molecule has 3 rings (SSSR count). The Morgan fingerprint density at radius 3 is 2.67 bits per heavy atom. The molecule has 0 saturated heterocycles. The number of hydrogen-bond donors (Lipinski definition) is 2. The third kappa shape index (κ3) is 2.92. The molecule has 2 heterocycles. The molecule has 1 aromatic heterocycles. The predicted molar refractivity (Wildman–Crippen MR) is 83.5 cm³/mol. The van der Waals surface area contributed by atoms with Gasteiger partial charge in [0.05, 0.1) is 6.04 Å². The molecule has 2 N–H and O–H groups in total. The molecule has 0 bridgehead atoms. The fourth-order valence-electron chi connectivity index (χ4n) is 2.52. The van der Waals surface area contributed by atoms with Crippen molar-refractivity contribution >= 4 is 11.9 Å². The first-order valence-corrected chi connectivity index (χ1v) is 7.56. The van der Waals surface area contributed by atoms with Gasteiger partial charge in [-0.1, -0.05) is 13.0 Å². The number of ether oxygens (including phenoxy) is 2. The van der Waals surface area contributed by atoms with Crippen molar-refractivity contribution in [2.75, 3.05) is 6.79 Å². The number of fused-ring (bicyclic) bond motifs is 1. The van der Waals surface area contributed by atoms with Gasteiger partial charge in [0.25, 0.3) is 5.91 Å². The number of aryl methyl sites for hydroxylation is 1. The molecule has 126 valence electrons. The lowest BCUT2D eigenvalue weighted by Gasteiger charge is -2.13. The van der Waals surface area contributed by atoms with E-state index in [-0.39, 0.29) is 29.9 Å². The van der Waals surface area contributed by atoms with E-state index in [0.717, 1.165) is 5.56 Å². The lowest BCUT2D eigenvalue weighted by atomic mass is 10.1. The lowest BCUT2D eigenvalue weighted by Crippen LogP contribution is -2.26. The fourth-order valence-corrected chi connectivity index (χ4v) is 2.52. The standard InChI is InChI=1S/C17H17NO6/c1-3-12-11(17(20)21)7-15(24-12)16(19)18-9(2)10-4-5-13-14(6-10)23-8-22-13/h4-7,9H,3,8H2,1-2H3,(H,18,19)(H,20,21). The second-order valence-corrected chi connectivity index (χ2v) is 5.41. The number of benzene rings is 1. The molecule has 2 aromatic rings. The summed E-state index contributed by atoms with van der Waals surface area (Å²) in [7, 11) is 0. The van der Waals surface area contributed by atoms with Crippen LogP contribution in [-0.2, 0) is 6.42 Å². The quantitative estimate of drug-likeness (QED) is 0.874. The number of nitrogens with one attached hydrogen (secondary N) is 1. The first kappa shape index (κ1) is 15.9. The Hall–Kier alpha value is -2.96. The maximum Gasteiger partial charge on any atom is 0.339 e. The van der Waals surface area contributed by atoms with Crippen LogP contribution in [0.25, 0.3) is 0 Å². The normalized spacial score (nSPS) is 13.6. The van der Waals surface area contributed by atoms with E-state index in [4.69, 9.17) is 19.0 Å². The zero-order valence-electron chi connectivity index (χ0n) is 13.3. The van der Waals surface area contributed by atoms with Crippen LogP contribution in [0.1, 0.15) is 52.1 Å². The van der Waals surface area contributed by atoms with Crippen molar-refractivity contribution in [2.45, 2.75) is 26.3 Å². The van der Waals surface area contributed by atoms with Crippen molar-refractivity contribution in [3.63, 3.8) is 0 Å². The van der Waals surface area contributed by atoms with Crippen molar-refractivity contribution in [3.05, 3.63) is 46.9 Å². The highest BCUT2D eigenvalue weighted by Gasteiger charge is 2.22. The summed E-state index contributed by atoms with van der Waals surface area (Å²) < 4.78 is 15.9. The molecule has 0 radical (unpaired) electrons. The van der Waals surface area contributed by atoms with Gasteiger partial charge >= 0.3 is 5.97 Å². The smallest absolute Gasteiger partial charge is 0.339 e. The average Bonchev–Trinajstić information content (AvgIpc) is 3.20. The summed E-state index contributed by atoms with van der Waals surface area (Å²) in [5, 5.41) is 11.9. The second-order valence-electron chi connectivity index (χ2n) is 5.41. The van der Waals surface area contributed by atoms with Crippen LogP contribution in [0.5, 0.6) is 11.5 Å². The van der Waals surface area contributed by atoms with Crippen molar-refractivity contribution in [1.29, 1.82) is 0 Å². The monoisotopic (exact) mass is 331 g/mol. The van der Waals surface area contributed by atoms with Crippen LogP contribution in [0, 0.1) is 0 Å². The summed E-state index contributed by atoms with van der Waals surface area (Å²) >= 11 is 0. The summed E-state index contributed by atoms with van der Waals surface area (Å²) in [5.41, 5.74) is 0.853. The number of furan rings is 1. The average molecular weight is 331 g/mol. The molecule has 1 aromatic carbocycles. The molecule has 1 aliphatic heterocycles. The third-order valence-corrected chi connectivity index (χ3v) is 3.83. The van der Waals surface area contributed by atoms with E-state index in [2.05, 4.69) is 5.32 Å². The Balaban J connectivity index is 1.75. The Kier molecular flexibility index (Phi) is 4.16. The second kappa shape index (κ2) is 6.27. The zero-order valence-corrected chi connectivity index (χ0v) is 13.3. The third-order valence-electron chi connectivity index (χ3n) is 3.83. The largest absolute Gasteiger partial charge is 0.478 e. The molecule has 1 unspecified atom stereocenters. The van der Waals surface area contributed by atoms with E-state index < -0.39 is 11.9 Å². The van der Waals surface area contributed by atoms with Crippen molar-refractivity contribution in [1.82, 2.24) is 5.32 Å². The minimum atomic E-state index is -1.11. The number of carboxylic acid groups (broad SMARTS) is 1. The van der Waals surface area contributed by atoms with E-state index >= 15 is 0 Å². The minimum Gasteiger partial charge on any atom is -0.478 e. The van der Waals surface area contributed by atoms with Crippen molar-refractivity contribution in [3.8, 4) is 11.5 Å². The lowest BCUT2D eigenvalue weighted by molar-refractivity contribution is 0.0694. The highest BCUT2D eigenvalue weighted by Crippen LogP contribution is 2.34. The van der Waals surface area contributed by atoms with Gasteiger partial charge in [-0.2, -0.15) is 0 Å². The van der Waals surface area contributed by atoms with Crippen LogP contribution in [-0.4, -0.2) is 23.8 Å². The van der Waals surface area contributed by atoms with Crippen molar-refractivity contribution < 1.29 is 28.6 Å². The highest BCUT2D eigenvalue weighted by molar-refractivity contribution is 5.96. The molecular weight excluding hydrogens is 314 g/mol. The molecule has 0 aliphatic carbocycles. The minimum absolute atomic E-state index is 0.0124. The molecule has 0 spiro atoms. The summed E-state index contributed by atoms with van der Waals surface area (Å²) in [5.74, 6) is -0.0175. The summed E-state index contributed by atoms with van der Waals surface area (Å²) in [6.07, 6.45) is 0.395. The van der Waals surface area contributed by atoms with Crippen LogP contribution in [0.3, 0.4) is 0 Å². The molecular formula is C17H17NO6. The molecule has 1 amide bonds. The molecule has 1 aliphatic rings. The number of carbonyl (C=O) groups excluding carboxylic acids is 1. The number of carboxylic acids is 1. The number of rotatable bonds is 5. The van der Waals surface area contributed by atoms with Crippen LogP contribution >= 0.6 is 0 Å². The molecule has 7 heteroatoms. The topological polar surface area (TPSA) is 98.0 Å². The first-order chi connectivity index (χ1) is 11.5. The Morgan fingerprint density at radius 1 is 1.25 bits per heavy atom. The van der Waals surface area contributed by atoms with Crippen molar-refractivity contribution in [2.24, 2.45) is 0 Å². The van der Waals surface area contributed by atoms with E-state index in [1.54, 1.807) is 19.1 Å². The predicted octanol–water partition coefficient (Wildman–Crippen LogP) is 2.76. The SMILES string of the molecule is CCc1oc(C(=O)NC(C)c2ccc3c(c2)OCO3)cc1C(=O)O. The van der Waals surface area contributed by atoms with Gasteiger partial charge in [0.15, 0.2) is 17.3 Å². The Morgan fingerprint density at radius 2 is 2.00 bits per heavy atom. The number of hydrogen-bond acceptors (Lipinski definition) is 5. The molecule has 1 atom stereocenters. The van der Waals surface area contributed by atoms with E-state index in [1.807, 2.05) is 13.0 Å². The van der Waals surface area contributed by atoms with Gasteiger partial charge in [-0.3, -0.25) is 4.79 Å². The number of aromatic carboxylic acids is 1. The van der Waals surface area contributed by atoms with Crippen LogP contribution in [0.4, 0.5) is 0 Å². The van der Waals surface area contributed by atoms with Gasteiger partial charge in [-0.05, 0) is 24.6 Å². The van der Waals surface area contributed by atoms with Crippen LogP contribution in [0.2, 0.25) is 0 Å². The van der Waals surface area contributed by atoms with Gasteiger partial charge in [0.2, 0.25) is 6.79 Å². The van der Waals surface area contributed by atoms with Crippen LogP contribution < -0.4 is 14.8 Å². The first-order valence-electron chi connectivity index (χ1n) is 7.56. The summed E-state index contributed by atoms with van der Waals surface area (Å²) in [4.78, 5) is 23.5. The van der Waals surface area contributed by atoms with Gasteiger partial charge in [0, 0.05) is 12.5 Å². The van der Waals surface area contributed by atoms with Gasteiger partial charge in [-0.15, -0.1) is 0 Å². The highest BCUT2D eigenvalue weighted by atomic mass is 16.7. The Bertz CT molecular complexity index is 794. The molecule has 0 saturated carbocycles. The summed E-state index contributed by atoms with van der Waals surface area (Å²) in [6.45, 7) is 3.77. The van der Waals surface area contributed by atoms with E-state index in [9.17, 15) is 9.59 Å². The maximum absolute atomic E-state index is 12.3. The van der Waals surface area contributed by atoms with Crippen LogP contribution in [0.15, 0.2) is 28.7 Å². The van der Waals surface area contributed by atoms with E-state index in [1.165, 1.54) is 6.07 Å². The van der Waals surface area contributed by atoms with E-state index in [0.29, 0.717) is 17.9 Å². The maximum atomic E-state index is 12.3. The molecule has 0 fully saturated rings. The molecule has 24 heavy (non-hydrogen) atoms. The summed E-state index contributed by atoms with van der Waals surface area (Å²) in [6, 6.07) is 6.36. The molecule has 7 nitrogen and oxygen atoms in total. The number of amides is 1. The zero-order chi connectivity index (χ0) is 17.3.